The van der Waals surface area contributed by atoms with Gasteiger partial charge in [-0.25, -0.2) is 8.78 Å². The van der Waals surface area contributed by atoms with Gasteiger partial charge in [-0.1, -0.05) is 45.0 Å². The van der Waals surface area contributed by atoms with Crippen LogP contribution in [0.1, 0.15) is 83.0 Å². The molecule has 2 N–H and O–H groups in total. The number of carbonyl (C=O) groups excluding carboxylic acids is 2. The molecule has 0 saturated heterocycles. The predicted molar refractivity (Wildman–Crippen MR) is 153 cm³/mol. The minimum atomic E-state index is -0.646. The van der Waals surface area contributed by atoms with E-state index < -0.39 is 11.6 Å². The van der Waals surface area contributed by atoms with E-state index in [2.05, 4.69) is 35.8 Å². The Kier molecular flexibility index (Phi) is 11.4. The summed E-state index contributed by atoms with van der Waals surface area (Å²) in [5.41, 5.74) is 4.70. The fourth-order valence-electron chi connectivity index (χ4n) is 4.93. The van der Waals surface area contributed by atoms with Crippen molar-refractivity contribution in [2.45, 2.75) is 72.4 Å². The van der Waals surface area contributed by atoms with Gasteiger partial charge in [0.25, 0.3) is 5.91 Å². The number of rotatable bonds is 14. The molecule has 0 unspecified atom stereocenters. The smallest absolute Gasteiger partial charge is 0.251 e. The van der Waals surface area contributed by atoms with Crippen LogP contribution in [0, 0.1) is 24.5 Å². The molecule has 0 spiro atoms. The molecular weight excluding hydrogens is 494 g/mol. The first-order valence-electron chi connectivity index (χ1n) is 13.9. The van der Waals surface area contributed by atoms with Crippen molar-refractivity contribution in [3.8, 4) is 0 Å². The van der Waals surface area contributed by atoms with Crippen LogP contribution in [0.3, 0.4) is 0 Å². The monoisotopic (exact) mass is 534 g/mol. The van der Waals surface area contributed by atoms with Crippen molar-refractivity contribution in [2.75, 3.05) is 6.54 Å². The molecule has 0 fully saturated rings. The average Bonchev–Trinajstić information content (AvgIpc) is 2.90. The third-order valence-corrected chi connectivity index (χ3v) is 7.12. The van der Waals surface area contributed by atoms with Crippen LogP contribution in [-0.2, 0) is 19.4 Å². The zero-order valence-corrected chi connectivity index (χ0v) is 23.5. The first-order chi connectivity index (χ1) is 18.7. The molecule has 0 aliphatic rings. The van der Waals surface area contributed by atoms with Crippen LogP contribution in [0.4, 0.5) is 8.78 Å². The summed E-state index contributed by atoms with van der Waals surface area (Å²) in [4.78, 5) is 26.3. The molecule has 0 saturated carbocycles. The molecule has 0 aliphatic heterocycles. The van der Waals surface area contributed by atoms with Crippen molar-refractivity contribution in [3.05, 3.63) is 106 Å². The number of benzene rings is 3. The van der Waals surface area contributed by atoms with E-state index in [-0.39, 0.29) is 30.1 Å². The molecule has 0 heterocycles. The molecular formula is C33H40F2N2O2. The zero-order valence-electron chi connectivity index (χ0n) is 23.5. The molecule has 0 bridgehead atoms. The number of hydrogen-bond donors (Lipinski definition) is 2. The molecule has 1 atom stereocenters. The summed E-state index contributed by atoms with van der Waals surface area (Å²) in [5.74, 6) is -1.64. The Labute approximate surface area is 231 Å². The maximum Gasteiger partial charge on any atom is 0.251 e. The van der Waals surface area contributed by atoms with Gasteiger partial charge in [-0.15, -0.1) is 0 Å². The highest BCUT2D eigenvalue weighted by Crippen LogP contribution is 2.19. The van der Waals surface area contributed by atoms with Crippen LogP contribution in [-0.4, -0.2) is 24.3 Å². The van der Waals surface area contributed by atoms with Gasteiger partial charge >= 0.3 is 0 Å². The van der Waals surface area contributed by atoms with Crippen LogP contribution in [0.25, 0.3) is 0 Å². The number of ketones is 1. The molecule has 3 rings (SSSR count). The maximum absolute atomic E-state index is 13.9. The highest BCUT2D eigenvalue weighted by atomic mass is 19.1. The number of halogens is 2. The van der Waals surface area contributed by atoms with Gasteiger partial charge in [-0.05, 0) is 98.2 Å². The molecule has 3 aromatic rings. The van der Waals surface area contributed by atoms with Crippen molar-refractivity contribution in [3.63, 3.8) is 0 Å². The summed E-state index contributed by atoms with van der Waals surface area (Å²) in [6.07, 6.45) is 3.29. The number of amides is 1. The molecule has 1 amide bonds. The van der Waals surface area contributed by atoms with Crippen molar-refractivity contribution < 1.29 is 18.4 Å². The van der Waals surface area contributed by atoms with Crippen LogP contribution >= 0.6 is 0 Å². The molecule has 208 valence electrons. The lowest BCUT2D eigenvalue weighted by Crippen LogP contribution is -2.38. The van der Waals surface area contributed by atoms with Crippen LogP contribution < -0.4 is 10.6 Å². The van der Waals surface area contributed by atoms with Gasteiger partial charge in [-0.3, -0.25) is 9.59 Å². The van der Waals surface area contributed by atoms with E-state index in [9.17, 15) is 18.4 Å². The first kappa shape index (κ1) is 30.2. The SMILES string of the molecule is CCc1cccc(CNCC[C@H](Cc2cc(F)cc(F)c2)NC(=O)c2cc(C)cc(C(=O)C(CC)CC)c2)c1. The summed E-state index contributed by atoms with van der Waals surface area (Å²) in [6.45, 7) is 9.25. The maximum atomic E-state index is 13.9. The second kappa shape index (κ2) is 14.7. The Morgan fingerprint density at radius 1 is 0.821 bits per heavy atom. The second-order valence-corrected chi connectivity index (χ2v) is 10.3. The van der Waals surface area contributed by atoms with Crippen molar-refractivity contribution in [1.82, 2.24) is 10.6 Å². The minimum Gasteiger partial charge on any atom is -0.349 e. The summed E-state index contributed by atoms with van der Waals surface area (Å²) in [7, 11) is 0. The number of Topliss-reactive ketones (excluding diaryl/α,β-unsaturated/α-hetero) is 1. The van der Waals surface area contributed by atoms with Gasteiger partial charge in [-0.2, -0.15) is 0 Å². The Balaban J connectivity index is 1.74. The molecule has 0 aliphatic carbocycles. The van der Waals surface area contributed by atoms with Crippen molar-refractivity contribution >= 4 is 11.7 Å². The predicted octanol–water partition coefficient (Wildman–Crippen LogP) is 6.98. The molecule has 0 radical (unpaired) electrons. The number of nitrogens with one attached hydrogen (secondary N) is 2. The van der Waals surface area contributed by atoms with E-state index in [0.29, 0.717) is 36.2 Å². The molecule has 6 heteroatoms. The van der Waals surface area contributed by atoms with E-state index in [4.69, 9.17) is 0 Å². The topological polar surface area (TPSA) is 58.2 Å². The van der Waals surface area contributed by atoms with E-state index in [0.717, 1.165) is 30.9 Å². The van der Waals surface area contributed by atoms with Gasteiger partial charge in [0.2, 0.25) is 0 Å². The van der Waals surface area contributed by atoms with Gasteiger partial charge < -0.3 is 10.6 Å². The fraction of sp³-hybridized carbons (Fsp3) is 0.394. The van der Waals surface area contributed by atoms with E-state index in [1.54, 1.807) is 12.1 Å². The fourth-order valence-corrected chi connectivity index (χ4v) is 4.93. The third kappa shape index (κ3) is 9.10. The largest absolute Gasteiger partial charge is 0.349 e. The highest BCUT2D eigenvalue weighted by Gasteiger charge is 2.20. The lowest BCUT2D eigenvalue weighted by molar-refractivity contribution is 0.0913. The number of aryl methyl sites for hydroxylation is 2. The van der Waals surface area contributed by atoms with Gasteiger partial charge in [0.15, 0.2) is 5.78 Å². The Morgan fingerprint density at radius 2 is 1.49 bits per heavy atom. The highest BCUT2D eigenvalue weighted by molar-refractivity contribution is 6.02. The van der Waals surface area contributed by atoms with Gasteiger partial charge in [0.1, 0.15) is 11.6 Å². The Morgan fingerprint density at radius 3 is 2.15 bits per heavy atom. The minimum absolute atomic E-state index is 0.0425. The number of hydrogen-bond acceptors (Lipinski definition) is 3. The zero-order chi connectivity index (χ0) is 28.4. The summed E-state index contributed by atoms with van der Waals surface area (Å²) in [6, 6.07) is 16.7. The first-order valence-corrected chi connectivity index (χ1v) is 13.9. The van der Waals surface area contributed by atoms with Crippen molar-refractivity contribution in [1.29, 1.82) is 0 Å². The van der Waals surface area contributed by atoms with Crippen LogP contribution in [0.15, 0.2) is 60.7 Å². The van der Waals surface area contributed by atoms with E-state index in [1.807, 2.05) is 32.9 Å². The second-order valence-electron chi connectivity index (χ2n) is 10.3. The standard InChI is InChI=1S/C33H40F2N2O2/c1-5-23-9-8-10-24(15-23)21-36-12-11-31(18-25-16-29(34)20-30(35)17-25)37-33(39)28-14-22(4)13-27(19-28)32(38)26(6-2)7-3/h8-10,13-17,19-20,26,31,36H,5-7,11-12,18,21H2,1-4H3,(H,37,39)/t31-/m1/s1. The quantitative estimate of drug-likeness (QED) is 0.173. The molecule has 3 aromatic carbocycles. The molecule has 39 heavy (non-hydrogen) atoms. The Bertz CT molecular complexity index is 1250. The van der Waals surface area contributed by atoms with E-state index >= 15 is 0 Å². The molecule has 4 nitrogen and oxygen atoms in total. The lowest BCUT2D eigenvalue weighted by atomic mass is 9.91. The van der Waals surface area contributed by atoms with E-state index in [1.165, 1.54) is 23.3 Å². The third-order valence-electron chi connectivity index (χ3n) is 7.12. The summed E-state index contributed by atoms with van der Waals surface area (Å²) in [5, 5.41) is 6.47. The summed E-state index contributed by atoms with van der Waals surface area (Å²) >= 11 is 0. The molecule has 0 aromatic heterocycles. The average molecular weight is 535 g/mol. The van der Waals surface area contributed by atoms with Gasteiger partial charge in [0.05, 0.1) is 0 Å². The van der Waals surface area contributed by atoms with Crippen LogP contribution in [0.5, 0.6) is 0 Å². The lowest BCUT2D eigenvalue weighted by Gasteiger charge is -2.20. The normalized spacial score (nSPS) is 12.0. The van der Waals surface area contributed by atoms with Crippen molar-refractivity contribution in [2.24, 2.45) is 5.92 Å². The number of carbonyl (C=O) groups is 2. The summed E-state index contributed by atoms with van der Waals surface area (Å²) < 4.78 is 27.8. The van der Waals surface area contributed by atoms with Gasteiger partial charge in [0, 0.05) is 35.7 Å². The van der Waals surface area contributed by atoms with Crippen LogP contribution in [0.2, 0.25) is 0 Å². The Hall–Kier alpha value is -3.38.